The summed E-state index contributed by atoms with van der Waals surface area (Å²) < 4.78 is 5.19. The Morgan fingerprint density at radius 1 is 1.64 bits per heavy atom. The van der Waals surface area contributed by atoms with E-state index < -0.39 is 5.60 Å². The average molecular weight is 154 g/mol. The van der Waals surface area contributed by atoms with Crippen molar-refractivity contribution in [2.24, 2.45) is 0 Å². The van der Waals surface area contributed by atoms with E-state index in [9.17, 15) is 4.79 Å². The maximum atomic E-state index is 10.4. The monoisotopic (exact) mass is 154 g/mol. The van der Waals surface area contributed by atoms with Gasteiger partial charge in [0.2, 0.25) is 0 Å². The summed E-state index contributed by atoms with van der Waals surface area (Å²) in [7, 11) is 0. The van der Waals surface area contributed by atoms with Crippen LogP contribution in [0.25, 0.3) is 0 Å². The number of hydrogen-bond acceptors (Lipinski definition) is 2. The van der Waals surface area contributed by atoms with Gasteiger partial charge < -0.3 is 9.53 Å². The molecule has 0 bridgehead atoms. The van der Waals surface area contributed by atoms with Gasteiger partial charge in [0.1, 0.15) is 5.60 Å². The van der Waals surface area contributed by atoms with E-state index in [4.69, 9.17) is 4.74 Å². The Hall–Kier alpha value is -0.630. The highest BCUT2D eigenvalue weighted by molar-refractivity contribution is 5.67. The Morgan fingerprint density at radius 2 is 2.27 bits per heavy atom. The second-order valence-corrected chi connectivity index (χ2v) is 3.43. The summed E-state index contributed by atoms with van der Waals surface area (Å²) in [4.78, 5) is 10.4. The molecule has 2 nitrogen and oxygen atoms in total. The summed E-state index contributed by atoms with van der Waals surface area (Å²) in [5.41, 5.74) is 0.792. The van der Waals surface area contributed by atoms with Crippen LogP contribution >= 0.6 is 0 Å². The molecule has 0 aromatic heterocycles. The van der Waals surface area contributed by atoms with E-state index in [1.165, 1.54) is 5.57 Å². The van der Waals surface area contributed by atoms with Gasteiger partial charge in [0.25, 0.3) is 0 Å². The molecule has 1 aliphatic rings. The molecule has 0 unspecified atom stereocenters. The lowest BCUT2D eigenvalue weighted by Gasteiger charge is -1.91. The van der Waals surface area contributed by atoms with Crippen molar-refractivity contribution in [3.05, 3.63) is 11.6 Å². The molecular formula is C9H14O2. The fourth-order valence-electron chi connectivity index (χ4n) is 1.00. The van der Waals surface area contributed by atoms with Crippen LogP contribution in [-0.2, 0) is 9.53 Å². The minimum absolute atomic E-state index is 0.120. The molecule has 1 saturated heterocycles. The van der Waals surface area contributed by atoms with Crippen LogP contribution in [0.5, 0.6) is 0 Å². The van der Waals surface area contributed by atoms with Gasteiger partial charge >= 0.3 is 0 Å². The van der Waals surface area contributed by atoms with Crippen LogP contribution in [0.1, 0.15) is 27.2 Å². The molecule has 0 aromatic rings. The number of aldehydes is 1. The van der Waals surface area contributed by atoms with Crippen LogP contribution in [0.15, 0.2) is 11.6 Å². The third-order valence-corrected chi connectivity index (χ3v) is 1.95. The molecule has 2 heteroatoms. The molecule has 0 amide bonds. The third kappa shape index (κ3) is 1.90. The number of rotatable bonds is 3. The maximum Gasteiger partial charge on any atom is 0.154 e. The van der Waals surface area contributed by atoms with E-state index in [0.717, 1.165) is 12.7 Å². The molecule has 11 heavy (non-hydrogen) atoms. The number of allylic oxidation sites excluding steroid dienone is 1. The van der Waals surface area contributed by atoms with Crippen molar-refractivity contribution >= 4 is 6.29 Å². The summed E-state index contributed by atoms with van der Waals surface area (Å²) in [5, 5.41) is 0. The smallest absolute Gasteiger partial charge is 0.154 e. The van der Waals surface area contributed by atoms with Crippen molar-refractivity contribution in [2.45, 2.75) is 38.9 Å². The van der Waals surface area contributed by atoms with E-state index in [-0.39, 0.29) is 6.10 Å². The molecule has 1 aliphatic heterocycles. The topological polar surface area (TPSA) is 29.6 Å². The Bertz CT molecular complexity index is 192. The SMILES string of the molecule is CC(C)=CC[C@@H]1O[C@]1(C)C=O. The first-order chi connectivity index (χ1) is 5.08. The lowest BCUT2D eigenvalue weighted by molar-refractivity contribution is -0.111. The fourth-order valence-corrected chi connectivity index (χ4v) is 1.00. The lowest BCUT2D eigenvalue weighted by Crippen LogP contribution is -2.10. The fraction of sp³-hybridized carbons (Fsp3) is 0.667. The highest BCUT2D eigenvalue weighted by atomic mass is 16.6. The molecule has 0 N–H and O–H groups in total. The van der Waals surface area contributed by atoms with Gasteiger partial charge in [-0.2, -0.15) is 0 Å². The van der Waals surface area contributed by atoms with E-state index >= 15 is 0 Å². The predicted octanol–water partition coefficient (Wildman–Crippen LogP) is 1.70. The van der Waals surface area contributed by atoms with Crippen molar-refractivity contribution in [1.82, 2.24) is 0 Å². The summed E-state index contributed by atoms with van der Waals surface area (Å²) >= 11 is 0. The van der Waals surface area contributed by atoms with Crippen LogP contribution in [-0.4, -0.2) is 18.0 Å². The van der Waals surface area contributed by atoms with Crippen molar-refractivity contribution in [3.8, 4) is 0 Å². The Morgan fingerprint density at radius 3 is 2.64 bits per heavy atom. The van der Waals surface area contributed by atoms with Crippen LogP contribution in [0.3, 0.4) is 0 Å². The van der Waals surface area contributed by atoms with Crippen molar-refractivity contribution in [1.29, 1.82) is 0 Å². The van der Waals surface area contributed by atoms with Gasteiger partial charge in [0, 0.05) is 0 Å². The summed E-state index contributed by atoms with van der Waals surface area (Å²) in [5.74, 6) is 0. The second-order valence-electron chi connectivity index (χ2n) is 3.43. The van der Waals surface area contributed by atoms with E-state index in [1.807, 2.05) is 20.8 Å². The molecule has 0 aliphatic carbocycles. The van der Waals surface area contributed by atoms with Gasteiger partial charge in [-0.15, -0.1) is 0 Å². The minimum Gasteiger partial charge on any atom is -0.358 e. The average Bonchev–Trinajstić information content (AvgIpc) is 2.59. The van der Waals surface area contributed by atoms with Gasteiger partial charge in [-0.1, -0.05) is 11.6 Å². The van der Waals surface area contributed by atoms with Crippen LogP contribution in [0.4, 0.5) is 0 Å². The molecule has 0 aromatic carbocycles. The normalized spacial score (nSPS) is 34.6. The van der Waals surface area contributed by atoms with E-state index in [0.29, 0.717) is 0 Å². The Kier molecular flexibility index (Phi) is 2.14. The molecule has 1 fully saturated rings. The number of epoxide rings is 1. The maximum absolute atomic E-state index is 10.4. The van der Waals surface area contributed by atoms with Gasteiger partial charge in [0.05, 0.1) is 6.10 Å². The van der Waals surface area contributed by atoms with Gasteiger partial charge in [0.15, 0.2) is 6.29 Å². The van der Waals surface area contributed by atoms with Crippen molar-refractivity contribution < 1.29 is 9.53 Å². The summed E-state index contributed by atoms with van der Waals surface area (Å²) in [6.45, 7) is 5.91. The Labute approximate surface area is 67.2 Å². The first kappa shape index (κ1) is 8.47. The molecule has 1 heterocycles. The highest BCUT2D eigenvalue weighted by Crippen LogP contribution is 2.36. The molecule has 2 atom stereocenters. The first-order valence-corrected chi connectivity index (χ1v) is 3.86. The summed E-state index contributed by atoms with van der Waals surface area (Å²) in [6.07, 6.45) is 3.96. The second kappa shape index (κ2) is 2.78. The quantitative estimate of drug-likeness (QED) is 0.352. The summed E-state index contributed by atoms with van der Waals surface area (Å²) in [6, 6.07) is 0. The standard InChI is InChI=1S/C9H14O2/c1-7(2)4-5-8-9(3,6-10)11-8/h4,6,8H,5H2,1-3H3/t8-,9+/m0/s1. The molecule has 1 rings (SSSR count). The zero-order chi connectivity index (χ0) is 8.48. The molecule has 62 valence electrons. The van der Waals surface area contributed by atoms with Crippen LogP contribution < -0.4 is 0 Å². The largest absolute Gasteiger partial charge is 0.358 e. The Balaban J connectivity index is 2.34. The molecule has 0 saturated carbocycles. The minimum atomic E-state index is -0.480. The molecule has 0 spiro atoms. The lowest BCUT2D eigenvalue weighted by atomic mass is 10.1. The number of carbonyl (C=O) groups excluding carboxylic acids is 1. The number of hydrogen-bond donors (Lipinski definition) is 0. The molecule has 0 radical (unpaired) electrons. The molecular weight excluding hydrogens is 140 g/mol. The highest BCUT2D eigenvalue weighted by Gasteiger charge is 2.51. The number of ether oxygens (including phenoxy) is 1. The third-order valence-electron chi connectivity index (χ3n) is 1.95. The zero-order valence-corrected chi connectivity index (χ0v) is 7.26. The van der Waals surface area contributed by atoms with Crippen molar-refractivity contribution in [3.63, 3.8) is 0 Å². The van der Waals surface area contributed by atoms with Gasteiger partial charge in [-0.05, 0) is 27.2 Å². The van der Waals surface area contributed by atoms with E-state index in [2.05, 4.69) is 6.08 Å². The van der Waals surface area contributed by atoms with E-state index in [1.54, 1.807) is 0 Å². The van der Waals surface area contributed by atoms with Gasteiger partial charge in [-0.3, -0.25) is 0 Å². The predicted molar refractivity (Wildman–Crippen MR) is 43.4 cm³/mol. The number of carbonyl (C=O) groups is 1. The van der Waals surface area contributed by atoms with Crippen LogP contribution in [0.2, 0.25) is 0 Å². The van der Waals surface area contributed by atoms with Crippen LogP contribution in [0, 0.1) is 0 Å². The van der Waals surface area contributed by atoms with Crippen molar-refractivity contribution in [2.75, 3.05) is 0 Å². The first-order valence-electron chi connectivity index (χ1n) is 3.86. The van der Waals surface area contributed by atoms with Gasteiger partial charge in [-0.25, -0.2) is 0 Å². The zero-order valence-electron chi connectivity index (χ0n) is 7.26.